The van der Waals surface area contributed by atoms with Crippen molar-refractivity contribution >= 4 is 27.0 Å². The number of aryl methyl sites for hydroxylation is 2. The summed E-state index contributed by atoms with van der Waals surface area (Å²) >= 11 is 1.17. The Hall–Kier alpha value is -2.52. The minimum Gasteiger partial charge on any atom is -0.493 e. The first-order valence-corrected chi connectivity index (χ1v) is 10.2. The summed E-state index contributed by atoms with van der Waals surface area (Å²) in [7, 11) is -0.360. The lowest BCUT2D eigenvalue weighted by atomic mass is 10.1. The fourth-order valence-electron chi connectivity index (χ4n) is 2.44. The second-order valence-corrected chi connectivity index (χ2v) is 8.33. The van der Waals surface area contributed by atoms with Gasteiger partial charge in [-0.25, -0.2) is 8.42 Å². The van der Waals surface area contributed by atoms with Crippen LogP contribution in [0, 0.1) is 0 Å². The van der Waals surface area contributed by atoms with Gasteiger partial charge in [0.05, 0.1) is 26.1 Å². The highest BCUT2D eigenvalue weighted by Crippen LogP contribution is 2.28. The fourth-order valence-corrected chi connectivity index (χ4v) is 4.46. The molecule has 0 amide bonds. The van der Waals surface area contributed by atoms with Crippen molar-refractivity contribution in [3.05, 3.63) is 53.7 Å². The van der Waals surface area contributed by atoms with Gasteiger partial charge in [0.15, 0.2) is 11.5 Å². The molecular weight excluding hydrogens is 374 g/mol. The van der Waals surface area contributed by atoms with Gasteiger partial charge in [-0.3, -0.25) is 9.40 Å². The Balaban J connectivity index is 1.64. The van der Waals surface area contributed by atoms with Crippen LogP contribution in [0.4, 0.5) is 5.69 Å². The molecule has 2 aromatic heterocycles. The molecule has 0 radical (unpaired) electrons. The van der Waals surface area contributed by atoms with E-state index in [1.807, 2.05) is 18.2 Å². The molecule has 26 heavy (non-hydrogen) atoms. The van der Waals surface area contributed by atoms with Gasteiger partial charge >= 0.3 is 0 Å². The third-order valence-electron chi connectivity index (χ3n) is 3.72. The van der Waals surface area contributed by atoms with Crippen LogP contribution in [0.1, 0.15) is 5.56 Å². The van der Waals surface area contributed by atoms with Crippen LogP contribution in [-0.4, -0.2) is 32.4 Å². The van der Waals surface area contributed by atoms with E-state index in [1.165, 1.54) is 17.5 Å². The molecule has 2 heterocycles. The van der Waals surface area contributed by atoms with Crippen molar-refractivity contribution in [3.8, 4) is 11.5 Å². The summed E-state index contributed by atoms with van der Waals surface area (Å²) in [6.07, 6.45) is 3.89. The van der Waals surface area contributed by atoms with Crippen LogP contribution < -0.4 is 14.2 Å². The average Bonchev–Trinajstić information content (AvgIpc) is 3.31. The molecule has 138 valence electrons. The van der Waals surface area contributed by atoms with Gasteiger partial charge in [-0.1, -0.05) is 12.1 Å². The summed E-state index contributed by atoms with van der Waals surface area (Å²) in [5, 5.41) is 5.93. The number of thiophene rings is 1. The first kappa shape index (κ1) is 18.3. The van der Waals surface area contributed by atoms with E-state index in [-0.39, 0.29) is 4.21 Å². The minimum atomic E-state index is -3.56. The smallest absolute Gasteiger partial charge is 0.271 e. The number of aromatic nitrogens is 2. The summed E-state index contributed by atoms with van der Waals surface area (Å²) in [5.74, 6) is 1.36. The van der Waals surface area contributed by atoms with Crippen molar-refractivity contribution in [1.29, 1.82) is 0 Å². The van der Waals surface area contributed by atoms with Crippen LogP contribution in [-0.2, 0) is 23.0 Å². The van der Waals surface area contributed by atoms with Crippen molar-refractivity contribution in [2.75, 3.05) is 18.9 Å². The predicted molar refractivity (Wildman–Crippen MR) is 101 cm³/mol. The van der Waals surface area contributed by atoms with E-state index in [2.05, 4.69) is 9.82 Å². The molecule has 9 heteroatoms. The third kappa shape index (κ3) is 4.17. The Morgan fingerprint density at radius 2 is 2.00 bits per heavy atom. The number of hydrogen-bond acceptors (Lipinski definition) is 6. The van der Waals surface area contributed by atoms with E-state index in [0.29, 0.717) is 23.7 Å². The maximum Gasteiger partial charge on any atom is 0.271 e. The van der Waals surface area contributed by atoms with Crippen LogP contribution in [0.3, 0.4) is 0 Å². The second kappa shape index (κ2) is 7.79. The van der Waals surface area contributed by atoms with Crippen LogP contribution in [0.25, 0.3) is 0 Å². The standard InChI is InChI=1S/C17H19N3O4S2/c1-23-15-6-5-13(10-16(15)24-2)7-8-20-12-14(11-18-20)19-26(21,22)17-4-3-9-25-17/h3-6,9-12,19H,7-8H2,1-2H3. The molecule has 0 unspecified atom stereocenters. The lowest BCUT2D eigenvalue weighted by molar-refractivity contribution is 0.354. The number of nitrogens with zero attached hydrogens (tertiary/aromatic N) is 2. The molecule has 1 N–H and O–H groups in total. The third-order valence-corrected chi connectivity index (χ3v) is 6.50. The number of methoxy groups -OCH3 is 2. The Morgan fingerprint density at radius 1 is 1.19 bits per heavy atom. The minimum absolute atomic E-state index is 0.274. The second-order valence-electron chi connectivity index (χ2n) is 5.47. The monoisotopic (exact) mass is 393 g/mol. The van der Waals surface area contributed by atoms with Crippen LogP contribution in [0.5, 0.6) is 11.5 Å². The number of benzene rings is 1. The van der Waals surface area contributed by atoms with Crippen molar-refractivity contribution in [1.82, 2.24) is 9.78 Å². The Labute approximate surface area is 156 Å². The lowest BCUT2D eigenvalue weighted by Gasteiger charge is -2.09. The quantitative estimate of drug-likeness (QED) is 0.636. The largest absolute Gasteiger partial charge is 0.493 e. The Morgan fingerprint density at radius 3 is 2.69 bits per heavy atom. The van der Waals surface area contributed by atoms with Crippen LogP contribution >= 0.6 is 11.3 Å². The van der Waals surface area contributed by atoms with Gasteiger partial charge in [0.2, 0.25) is 0 Å². The van der Waals surface area contributed by atoms with E-state index in [0.717, 1.165) is 12.0 Å². The molecule has 7 nitrogen and oxygen atoms in total. The van der Waals surface area contributed by atoms with Crippen LogP contribution in [0.15, 0.2) is 52.3 Å². The highest BCUT2D eigenvalue weighted by atomic mass is 32.2. The van der Waals surface area contributed by atoms with Gasteiger partial charge < -0.3 is 9.47 Å². The molecule has 3 rings (SSSR count). The number of hydrogen-bond donors (Lipinski definition) is 1. The van der Waals surface area contributed by atoms with E-state index in [1.54, 1.807) is 42.6 Å². The molecule has 0 saturated carbocycles. The molecule has 0 aliphatic heterocycles. The van der Waals surface area contributed by atoms with E-state index in [4.69, 9.17) is 9.47 Å². The number of ether oxygens (including phenoxy) is 2. The average molecular weight is 393 g/mol. The molecule has 0 aliphatic rings. The van der Waals surface area contributed by atoms with Gasteiger partial charge in [0.25, 0.3) is 10.0 Å². The van der Waals surface area contributed by atoms with Gasteiger partial charge in [-0.15, -0.1) is 11.3 Å². The first-order valence-electron chi connectivity index (χ1n) is 7.81. The zero-order valence-electron chi connectivity index (χ0n) is 14.4. The number of anilines is 1. The zero-order valence-corrected chi connectivity index (χ0v) is 16.0. The molecule has 0 bridgehead atoms. The normalized spacial score (nSPS) is 11.3. The summed E-state index contributed by atoms with van der Waals surface area (Å²) in [4.78, 5) is 0. The molecular formula is C17H19N3O4S2. The summed E-state index contributed by atoms with van der Waals surface area (Å²) < 4.78 is 39.5. The van der Waals surface area contributed by atoms with E-state index in [9.17, 15) is 8.42 Å². The molecule has 0 saturated heterocycles. The number of rotatable bonds is 8. The maximum absolute atomic E-state index is 12.2. The molecule has 1 aromatic carbocycles. The Bertz CT molecular complexity index is 966. The fraction of sp³-hybridized carbons (Fsp3) is 0.235. The lowest BCUT2D eigenvalue weighted by Crippen LogP contribution is -2.10. The van der Waals surface area contributed by atoms with Crippen molar-refractivity contribution in [2.24, 2.45) is 0 Å². The molecule has 0 atom stereocenters. The zero-order chi connectivity index (χ0) is 18.6. The van der Waals surface area contributed by atoms with Crippen molar-refractivity contribution < 1.29 is 17.9 Å². The molecule has 3 aromatic rings. The highest BCUT2D eigenvalue weighted by Gasteiger charge is 2.16. The molecule has 0 fully saturated rings. The van der Waals surface area contributed by atoms with Crippen molar-refractivity contribution in [3.63, 3.8) is 0 Å². The summed E-state index contributed by atoms with van der Waals surface area (Å²) in [6, 6.07) is 9.01. The van der Waals surface area contributed by atoms with E-state index < -0.39 is 10.0 Å². The maximum atomic E-state index is 12.2. The van der Waals surface area contributed by atoms with Crippen molar-refractivity contribution in [2.45, 2.75) is 17.2 Å². The topological polar surface area (TPSA) is 82.5 Å². The highest BCUT2D eigenvalue weighted by molar-refractivity contribution is 7.94. The van der Waals surface area contributed by atoms with Crippen LogP contribution in [0.2, 0.25) is 0 Å². The SMILES string of the molecule is COc1ccc(CCn2cc(NS(=O)(=O)c3cccs3)cn2)cc1OC. The summed E-state index contributed by atoms with van der Waals surface area (Å²) in [5.41, 5.74) is 1.50. The first-order chi connectivity index (χ1) is 12.5. The van der Waals surface area contributed by atoms with Gasteiger partial charge in [0, 0.05) is 12.7 Å². The number of sulfonamides is 1. The molecule has 0 spiro atoms. The van der Waals surface area contributed by atoms with Gasteiger partial charge in [-0.05, 0) is 35.6 Å². The molecule has 0 aliphatic carbocycles. The summed E-state index contributed by atoms with van der Waals surface area (Å²) in [6.45, 7) is 0.607. The number of nitrogens with one attached hydrogen (secondary N) is 1. The van der Waals surface area contributed by atoms with Gasteiger partial charge in [-0.2, -0.15) is 5.10 Å². The van der Waals surface area contributed by atoms with E-state index >= 15 is 0 Å². The van der Waals surface area contributed by atoms with Gasteiger partial charge in [0.1, 0.15) is 4.21 Å². The Kier molecular flexibility index (Phi) is 5.48. The predicted octanol–water partition coefficient (Wildman–Crippen LogP) is 3.01.